The van der Waals surface area contributed by atoms with Gasteiger partial charge in [0.25, 0.3) is 0 Å². The zero-order chi connectivity index (χ0) is 7.11. The molecule has 0 atom stereocenters. The Morgan fingerprint density at radius 2 is 1.44 bits per heavy atom. The molecule has 0 amide bonds. The summed E-state index contributed by atoms with van der Waals surface area (Å²) in [6, 6.07) is 9.97. The first-order valence-electron chi connectivity index (χ1n) is 2.60. The molecular formula is C8H9Br. The maximum Gasteiger partial charge on any atom is 0.0175 e. The molecule has 1 aromatic rings. The lowest BCUT2D eigenvalue weighted by Crippen LogP contribution is -1.55. The van der Waals surface area contributed by atoms with E-state index in [2.05, 4.69) is 29.1 Å². The average Bonchev–Trinajstić information content (AvgIpc) is 1.94. The molecule has 0 heterocycles. The van der Waals surface area contributed by atoms with Gasteiger partial charge in [-0.2, -0.15) is 0 Å². The Kier molecular flexibility index (Phi) is 5.23. The fraction of sp³-hybridized carbons (Fsp3) is 0. The van der Waals surface area contributed by atoms with Crippen LogP contribution in [0, 0.1) is 0 Å². The third-order valence-corrected chi connectivity index (χ3v) is 1.26. The summed E-state index contributed by atoms with van der Waals surface area (Å²) in [4.78, 5) is 0. The van der Waals surface area contributed by atoms with Crippen molar-refractivity contribution < 1.29 is 0 Å². The zero-order valence-corrected chi connectivity index (χ0v) is 6.76. The summed E-state index contributed by atoms with van der Waals surface area (Å²) >= 11 is 3.31. The van der Waals surface area contributed by atoms with Crippen molar-refractivity contribution in [2.24, 2.45) is 0 Å². The van der Waals surface area contributed by atoms with E-state index < -0.39 is 0 Å². The molecule has 0 aromatic heterocycles. The van der Waals surface area contributed by atoms with Crippen LogP contribution in [0.2, 0.25) is 0 Å². The molecule has 0 unspecified atom stereocenters. The largest absolute Gasteiger partial charge is 0.106 e. The van der Waals surface area contributed by atoms with Crippen molar-refractivity contribution >= 4 is 15.9 Å². The molecule has 0 radical (unpaired) electrons. The van der Waals surface area contributed by atoms with Gasteiger partial charge < -0.3 is 0 Å². The summed E-state index contributed by atoms with van der Waals surface area (Å²) in [7, 11) is 0. The molecular weight excluding hydrogens is 176 g/mol. The lowest BCUT2D eigenvalue weighted by Gasteiger charge is -1.80. The number of benzene rings is 1. The molecule has 0 N–H and O–H groups in total. The minimum Gasteiger partial charge on any atom is -0.106 e. The first-order chi connectivity index (χ1) is 4.39. The van der Waals surface area contributed by atoms with Gasteiger partial charge in [-0.15, -0.1) is 13.2 Å². The molecule has 0 spiro atoms. The smallest absolute Gasteiger partial charge is 0.0175 e. The van der Waals surface area contributed by atoms with Crippen LogP contribution in [-0.2, 0) is 0 Å². The summed E-state index contributed by atoms with van der Waals surface area (Å²) in [5.74, 6) is 0. The highest BCUT2D eigenvalue weighted by molar-refractivity contribution is 9.10. The highest BCUT2D eigenvalue weighted by atomic mass is 79.9. The van der Waals surface area contributed by atoms with Crippen molar-refractivity contribution in [1.82, 2.24) is 0 Å². The van der Waals surface area contributed by atoms with Gasteiger partial charge >= 0.3 is 0 Å². The summed E-state index contributed by atoms with van der Waals surface area (Å²) in [6.07, 6.45) is 0. The van der Waals surface area contributed by atoms with Gasteiger partial charge in [-0.05, 0) is 12.1 Å². The molecule has 0 aliphatic carbocycles. The van der Waals surface area contributed by atoms with Crippen molar-refractivity contribution in [3.63, 3.8) is 0 Å². The van der Waals surface area contributed by atoms with Crippen LogP contribution in [0.1, 0.15) is 0 Å². The molecule has 0 aliphatic rings. The van der Waals surface area contributed by atoms with Gasteiger partial charge in [0.2, 0.25) is 0 Å². The van der Waals surface area contributed by atoms with Gasteiger partial charge in [-0.25, -0.2) is 0 Å². The van der Waals surface area contributed by atoms with Crippen LogP contribution in [0.25, 0.3) is 0 Å². The Bertz CT molecular complexity index is 146. The molecule has 1 aromatic carbocycles. The van der Waals surface area contributed by atoms with Crippen LogP contribution in [0.3, 0.4) is 0 Å². The van der Waals surface area contributed by atoms with Crippen LogP contribution in [0.5, 0.6) is 0 Å². The van der Waals surface area contributed by atoms with Crippen molar-refractivity contribution in [3.05, 3.63) is 48.0 Å². The second kappa shape index (κ2) is 5.57. The second-order valence-electron chi connectivity index (χ2n) is 1.30. The van der Waals surface area contributed by atoms with Crippen molar-refractivity contribution in [1.29, 1.82) is 0 Å². The minimum atomic E-state index is 1.13. The van der Waals surface area contributed by atoms with Crippen molar-refractivity contribution in [2.75, 3.05) is 0 Å². The maximum absolute atomic E-state index is 3.31. The summed E-state index contributed by atoms with van der Waals surface area (Å²) in [5, 5.41) is 0. The maximum atomic E-state index is 3.31. The van der Waals surface area contributed by atoms with E-state index in [1.807, 2.05) is 30.3 Å². The Hall–Kier alpha value is -0.560. The van der Waals surface area contributed by atoms with Gasteiger partial charge in [0.1, 0.15) is 0 Å². The summed E-state index contributed by atoms with van der Waals surface area (Å²) in [6.45, 7) is 6.00. The molecule has 9 heavy (non-hydrogen) atoms. The zero-order valence-electron chi connectivity index (χ0n) is 5.18. The molecule has 0 fully saturated rings. The monoisotopic (exact) mass is 184 g/mol. The molecule has 0 saturated heterocycles. The lowest BCUT2D eigenvalue weighted by atomic mass is 10.4. The first kappa shape index (κ1) is 8.44. The Morgan fingerprint density at radius 3 is 1.67 bits per heavy atom. The van der Waals surface area contributed by atoms with Crippen LogP contribution in [0.15, 0.2) is 48.0 Å². The highest BCUT2D eigenvalue weighted by Gasteiger charge is 1.74. The number of hydrogen-bond donors (Lipinski definition) is 0. The molecule has 48 valence electrons. The Balaban J connectivity index is 0.000000291. The fourth-order valence-corrected chi connectivity index (χ4v) is 0.720. The van der Waals surface area contributed by atoms with Gasteiger partial charge in [-0.3, -0.25) is 0 Å². The number of halogens is 1. The highest BCUT2D eigenvalue weighted by Crippen LogP contribution is 2.05. The predicted molar refractivity (Wildman–Crippen MR) is 45.4 cm³/mol. The number of rotatable bonds is 0. The van der Waals surface area contributed by atoms with Gasteiger partial charge in [-0.1, -0.05) is 34.1 Å². The van der Waals surface area contributed by atoms with Crippen LogP contribution < -0.4 is 0 Å². The topological polar surface area (TPSA) is 0 Å². The van der Waals surface area contributed by atoms with E-state index in [0.717, 1.165) is 4.47 Å². The predicted octanol–water partition coefficient (Wildman–Crippen LogP) is 3.25. The molecule has 0 saturated carbocycles. The quantitative estimate of drug-likeness (QED) is 0.544. The van der Waals surface area contributed by atoms with Crippen LogP contribution >= 0.6 is 15.9 Å². The molecule has 1 heteroatoms. The van der Waals surface area contributed by atoms with E-state index in [-0.39, 0.29) is 0 Å². The number of hydrogen-bond acceptors (Lipinski definition) is 0. The Morgan fingerprint density at radius 1 is 1.00 bits per heavy atom. The molecule has 1 rings (SSSR count). The van der Waals surface area contributed by atoms with Gasteiger partial charge in [0.15, 0.2) is 0 Å². The standard InChI is InChI=1S/C6H5Br.C2H4/c7-6-4-2-1-3-5-6;1-2/h1-5H;1-2H2. The van der Waals surface area contributed by atoms with E-state index in [4.69, 9.17) is 0 Å². The summed E-state index contributed by atoms with van der Waals surface area (Å²) < 4.78 is 1.13. The summed E-state index contributed by atoms with van der Waals surface area (Å²) in [5.41, 5.74) is 0. The van der Waals surface area contributed by atoms with Crippen LogP contribution in [-0.4, -0.2) is 0 Å². The lowest BCUT2D eigenvalue weighted by molar-refractivity contribution is 1.66. The second-order valence-corrected chi connectivity index (χ2v) is 2.21. The average molecular weight is 185 g/mol. The van der Waals surface area contributed by atoms with Gasteiger partial charge in [0, 0.05) is 4.47 Å². The van der Waals surface area contributed by atoms with E-state index >= 15 is 0 Å². The van der Waals surface area contributed by atoms with E-state index in [1.165, 1.54) is 0 Å². The molecule has 0 nitrogen and oxygen atoms in total. The van der Waals surface area contributed by atoms with E-state index in [1.54, 1.807) is 0 Å². The normalized spacial score (nSPS) is 7.22. The van der Waals surface area contributed by atoms with Crippen molar-refractivity contribution in [3.8, 4) is 0 Å². The third-order valence-electron chi connectivity index (χ3n) is 0.733. The fourth-order valence-electron chi connectivity index (χ4n) is 0.415. The molecule has 0 bridgehead atoms. The van der Waals surface area contributed by atoms with E-state index in [0.29, 0.717) is 0 Å². The van der Waals surface area contributed by atoms with Gasteiger partial charge in [0.05, 0.1) is 0 Å². The van der Waals surface area contributed by atoms with E-state index in [9.17, 15) is 0 Å². The first-order valence-corrected chi connectivity index (χ1v) is 3.39. The molecule has 0 aliphatic heterocycles. The SMILES string of the molecule is Brc1ccccc1.C=C. The van der Waals surface area contributed by atoms with Crippen LogP contribution in [0.4, 0.5) is 0 Å². The Labute approximate surface area is 64.3 Å². The third kappa shape index (κ3) is 3.98. The van der Waals surface area contributed by atoms with Crippen molar-refractivity contribution in [2.45, 2.75) is 0 Å². The minimum absolute atomic E-state index is 1.13.